The molecule has 4 N–H and O–H groups in total. The van der Waals surface area contributed by atoms with Crippen molar-refractivity contribution in [3.63, 3.8) is 0 Å². The number of hydrogen-bond acceptors (Lipinski definition) is 7. The third-order valence-corrected chi connectivity index (χ3v) is 3.05. The topological polar surface area (TPSA) is 109 Å². The minimum Gasteiger partial charge on any atom is -0.396 e. The highest BCUT2D eigenvalue weighted by atomic mass is 17.2. The fourth-order valence-electron chi connectivity index (χ4n) is 1.84. The predicted molar refractivity (Wildman–Crippen MR) is 65.1 cm³/mol. The van der Waals surface area contributed by atoms with Gasteiger partial charge < -0.3 is 25.2 Å². The summed E-state index contributed by atoms with van der Waals surface area (Å²) in [6.45, 7) is 3.60. The van der Waals surface area contributed by atoms with Crippen LogP contribution in [0.25, 0.3) is 0 Å². The molecule has 1 fully saturated rings. The lowest BCUT2D eigenvalue weighted by Crippen LogP contribution is -2.48. The molecular formula is C12H22O7. The molecule has 0 saturated carbocycles. The van der Waals surface area contributed by atoms with Gasteiger partial charge in [0.2, 0.25) is 0 Å². The monoisotopic (exact) mass is 278 g/mol. The molecule has 5 atom stereocenters. The van der Waals surface area contributed by atoms with E-state index in [2.05, 4.69) is 6.58 Å². The van der Waals surface area contributed by atoms with Crippen molar-refractivity contribution in [2.45, 2.75) is 30.8 Å². The molecule has 0 amide bonds. The van der Waals surface area contributed by atoms with Gasteiger partial charge in [-0.1, -0.05) is 6.08 Å². The van der Waals surface area contributed by atoms with E-state index in [9.17, 15) is 15.3 Å². The Morgan fingerprint density at radius 1 is 1.21 bits per heavy atom. The second kappa shape index (κ2) is 8.60. The van der Waals surface area contributed by atoms with Gasteiger partial charge in [-0.2, -0.15) is 0 Å². The predicted octanol–water partition coefficient (Wildman–Crippen LogP) is -1.40. The van der Waals surface area contributed by atoms with Crippen molar-refractivity contribution in [1.29, 1.82) is 0 Å². The van der Waals surface area contributed by atoms with Gasteiger partial charge in [-0.3, -0.25) is 0 Å². The summed E-state index contributed by atoms with van der Waals surface area (Å²) in [4.78, 5) is 9.77. The van der Waals surface area contributed by atoms with E-state index in [-0.39, 0.29) is 26.4 Å². The molecule has 5 unspecified atom stereocenters. The fourth-order valence-corrected chi connectivity index (χ4v) is 1.84. The summed E-state index contributed by atoms with van der Waals surface area (Å²) in [5, 5.41) is 38.8. The normalized spacial score (nSPS) is 37.2. The first kappa shape index (κ1) is 16.5. The Hall–Kier alpha value is -0.540. The Balaban J connectivity index is 2.66. The van der Waals surface area contributed by atoms with E-state index in [0.717, 1.165) is 0 Å². The van der Waals surface area contributed by atoms with Crippen molar-refractivity contribution < 1.29 is 34.9 Å². The molecule has 0 aliphatic carbocycles. The van der Waals surface area contributed by atoms with Crippen LogP contribution in [-0.2, 0) is 14.5 Å². The van der Waals surface area contributed by atoms with Crippen molar-refractivity contribution in [1.82, 2.24) is 0 Å². The SMILES string of the molecule is C=CCOOC1CCOCC(CO)C(O)C(O)C1O. The van der Waals surface area contributed by atoms with Crippen LogP contribution < -0.4 is 0 Å². The van der Waals surface area contributed by atoms with Gasteiger partial charge in [-0.15, -0.1) is 6.58 Å². The van der Waals surface area contributed by atoms with E-state index in [0.29, 0.717) is 6.42 Å². The van der Waals surface area contributed by atoms with Crippen LogP contribution >= 0.6 is 0 Å². The van der Waals surface area contributed by atoms with Crippen LogP contribution in [0.15, 0.2) is 12.7 Å². The minimum atomic E-state index is -1.45. The Labute approximate surface area is 112 Å². The maximum atomic E-state index is 9.97. The second-order valence-corrected chi connectivity index (χ2v) is 4.49. The first-order chi connectivity index (χ1) is 9.11. The molecule has 0 aromatic carbocycles. The highest BCUT2D eigenvalue weighted by Gasteiger charge is 2.37. The Bertz CT molecular complexity index is 260. The maximum Gasteiger partial charge on any atom is 0.124 e. The van der Waals surface area contributed by atoms with Gasteiger partial charge in [0.05, 0.1) is 19.3 Å². The Morgan fingerprint density at radius 3 is 2.58 bits per heavy atom. The summed E-state index contributed by atoms with van der Waals surface area (Å²) in [6.07, 6.45) is -3.15. The standard InChI is InChI=1S/C12H22O7/c1-2-4-18-19-9-3-5-17-7-8(6-13)10(14)12(16)11(9)15/h2,8-16H,1,3-7H2. The summed E-state index contributed by atoms with van der Waals surface area (Å²) in [6, 6.07) is 0. The van der Waals surface area contributed by atoms with Gasteiger partial charge in [0.25, 0.3) is 0 Å². The maximum absolute atomic E-state index is 9.97. The summed E-state index contributed by atoms with van der Waals surface area (Å²) in [5.41, 5.74) is 0. The molecule has 0 spiro atoms. The highest BCUT2D eigenvalue weighted by molar-refractivity contribution is 4.86. The van der Waals surface area contributed by atoms with E-state index in [1.54, 1.807) is 0 Å². The molecular weight excluding hydrogens is 256 g/mol. The summed E-state index contributed by atoms with van der Waals surface area (Å²) in [7, 11) is 0. The smallest absolute Gasteiger partial charge is 0.124 e. The van der Waals surface area contributed by atoms with Gasteiger partial charge in [-0.05, 0) is 0 Å². The Morgan fingerprint density at radius 2 is 1.95 bits per heavy atom. The van der Waals surface area contributed by atoms with Crippen molar-refractivity contribution >= 4 is 0 Å². The van der Waals surface area contributed by atoms with Crippen molar-refractivity contribution in [2.75, 3.05) is 26.4 Å². The van der Waals surface area contributed by atoms with Crippen LogP contribution in [0.1, 0.15) is 6.42 Å². The van der Waals surface area contributed by atoms with Crippen LogP contribution in [0.2, 0.25) is 0 Å². The van der Waals surface area contributed by atoms with E-state index >= 15 is 0 Å². The van der Waals surface area contributed by atoms with Gasteiger partial charge in [0.15, 0.2) is 0 Å². The average Bonchev–Trinajstić information content (AvgIpc) is 2.46. The molecule has 1 rings (SSSR count). The zero-order valence-corrected chi connectivity index (χ0v) is 10.7. The average molecular weight is 278 g/mol. The number of rotatable bonds is 5. The van der Waals surface area contributed by atoms with E-state index in [1.807, 2.05) is 0 Å². The Kier molecular flexibility index (Phi) is 7.47. The lowest BCUT2D eigenvalue weighted by atomic mass is 9.93. The van der Waals surface area contributed by atoms with Crippen LogP contribution in [-0.4, -0.2) is 71.3 Å². The molecule has 0 aromatic heterocycles. The molecule has 0 radical (unpaired) electrons. The molecule has 1 aliphatic rings. The van der Waals surface area contributed by atoms with Crippen molar-refractivity contribution in [3.05, 3.63) is 12.7 Å². The van der Waals surface area contributed by atoms with E-state index < -0.39 is 30.3 Å². The number of ether oxygens (including phenoxy) is 1. The largest absolute Gasteiger partial charge is 0.396 e. The highest BCUT2D eigenvalue weighted by Crippen LogP contribution is 2.19. The molecule has 1 heterocycles. The first-order valence-electron chi connectivity index (χ1n) is 6.23. The van der Waals surface area contributed by atoms with Crippen LogP contribution in [0.3, 0.4) is 0 Å². The molecule has 0 bridgehead atoms. The van der Waals surface area contributed by atoms with Crippen LogP contribution in [0.4, 0.5) is 0 Å². The number of aliphatic hydroxyl groups excluding tert-OH is 4. The number of aliphatic hydroxyl groups is 4. The van der Waals surface area contributed by atoms with Crippen LogP contribution in [0, 0.1) is 5.92 Å². The van der Waals surface area contributed by atoms with Crippen molar-refractivity contribution in [2.24, 2.45) is 5.92 Å². The second-order valence-electron chi connectivity index (χ2n) is 4.49. The quantitative estimate of drug-likeness (QED) is 0.212. The van der Waals surface area contributed by atoms with Gasteiger partial charge in [0.1, 0.15) is 24.9 Å². The van der Waals surface area contributed by atoms with Gasteiger partial charge in [-0.25, -0.2) is 9.78 Å². The lowest BCUT2D eigenvalue weighted by molar-refractivity contribution is -0.339. The zero-order valence-electron chi connectivity index (χ0n) is 10.7. The molecule has 1 aliphatic heterocycles. The molecule has 1 saturated heterocycles. The third-order valence-electron chi connectivity index (χ3n) is 3.05. The molecule has 7 nitrogen and oxygen atoms in total. The van der Waals surface area contributed by atoms with E-state index in [1.165, 1.54) is 6.08 Å². The van der Waals surface area contributed by atoms with Gasteiger partial charge in [0, 0.05) is 18.9 Å². The lowest BCUT2D eigenvalue weighted by Gasteiger charge is -2.29. The molecule has 0 aromatic rings. The zero-order chi connectivity index (χ0) is 14.3. The molecule has 112 valence electrons. The summed E-state index contributed by atoms with van der Waals surface area (Å²) in [5.74, 6) is -0.655. The summed E-state index contributed by atoms with van der Waals surface area (Å²) >= 11 is 0. The first-order valence-corrected chi connectivity index (χ1v) is 6.23. The summed E-state index contributed by atoms with van der Waals surface area (Å²) < 4.78 is 5.26. The van der Waals surface area contributed by atoms with E-state index in [4.69, 9.17) is 19.6 Å². The number of hydrogen-bond donors (Lipinski definition) is 4. The third kappa shape index (κ3) is 4.81. The van der Waals surface area contributed by atoms with Crippen LogP contribution in [0.5, 0.6) is 0 Å². The minimum absolute atomic E-state index is 0.0989. The van der Waals surface area contributed by atoms with Crippen molar-refractivity contribution in [3.8, 4) is 0 Å². The molecule has 7 heteroatoms. The fraction of sp³-hybridized carbons (Fsp3) is 0.833. The molecule has 19 heavy (non-hydrogen) atoms. The van der Waals surface area contributed by atoms with Gasteiger partial charge >= 0.3 is 0 Å².